The lowest BCUT2D eigenvalue weighted by molar-refractivity contribution is -0.120. The molecular weight excluding hydrogens is 410 g/mol. The van der Waals surface area contributed by atoms with Crippen LogP contribution in [0.25, 0.3) is 0 Å². The number of carbonyl (C=O) groups excluding carboxylic acids is 2. The highest BCUT2D eigenvalue weighted by atomic mass is 32.2. The van der Waals surface area contributed by atoms with Gasteiger partial charge in [-0.15, -0.1) is 11.8 Å². The molecule has 1 saturated heterocycles. The van der Waals surface area contributed by atoms with Gasteiger partial charge in [-0.2, -0.15) is 4.31 Å². The van der Waals surface area contributed by atoms with E-state index in [4.69, 9.17) is 0 Å². The zero-order valence-electron chi connectivity index (χ0n) is 16.3. The number of Topliss-reactive ketones (excluding diaryl/α,β-unsaturated/α-hetero) is 1. The highest BCUT2D eigenvalue weighted by molar-refractivity contribution is 7.98. The molecule has 1 aromatic heterocycles. The van der Waals surface area contributed by atoms with E-state index < -0.39 is 10.0 Å². The molecule has 1 aromatic carbocycles. The zero-order chi connectivity index (χ0) is 21.0. The average Bonchev–Trinajstić information content (AvgIpc) is 2.74. The van der Waals surface area contributed by atoms with Crippen LogP contribution in [-0.2, 0) is 14.8 Å². The van der Waals surface area contributed by atoms with Crippen molar-refractivity contribution in [3.8, 4) is 0 Å². The summed E-state index contributed by atoms with van der Waals surface area (Å²) in [5, 5.41) is 3.72. The minimum absolute atomic E-state index is 0.105. The number of benzene rings is 1. The van der Waals surface area contributed by atoms with Crippen LogP contribution in [0.1, 0.15) is 30.1 Å². The number of pyridine rings is 1. The van der Waals surface area contributed by atoms with Crippen LogP contribution >= 0.6 is 11.8 Å². The van der Waals surface area contributed by atoms with Crippen LogP contribution in [-0.4, -0.2) is 48.7 Å². The lowest BCUT2D eigenvalue weighted by atomic mass is 9.97. The van der Waals surface area contributed by atoms with Gasteiger partial charge in [0.2, 0.25) is 15.9 Å². The Balaban J connectivity index is 1.62. The van der Waals surface area contributed by atoms with Crippen molar-refractivity contribution >= 4 is 39.2 Å². The van der Waals surface area contributed by atoms with Crippen LogP contribution in [0.4, 0.5) is 5.69 Å². The molecule has 2 heterocycles. The standard InChI is InChI=1S/C20H23N3O4S2/c1-14(24)16-4-3-5-18(12-16)29(26,27)23-10-8-15(9-11-23)20(25)22-17-6-7-19(28-2)21-13-17/h3-7,12-13,15H,8-11H2,1-2H3,(H,22,25). The summed E-state index contributed by atoms with van der Waals surface area (Å²) < 4.78 is 27.2. The summed E-state index contributed by atoms with van der Waals surface area (Å²) >= 11 is 1.52. The van der Waals surface area contributed by atoms with Gasteiger partial charge in [-0.25, -0.2) is 13.4 Å². The molecule has 0 spiro atoms. The molecule has 2 aromatic rings. The number of ketones is 1. The highest BCUT2D eigenvalue weighted by Crippen LogP contribution is 2.25. The van der Waals surface area contributed by atoms with E-state index in [2.05, 4.69) is 10.3 Å². The zero-order valence-corrected chi connectivity index (χ0v) is 17.9. The fraction of sp³-hybridized carbons (Fsp3) is 0.350. The summed E-state index contributed by atoms with van der Waals surface area (Å²) in [6.07, 6.45) is 4.42. The summed E-state index contributed by atoms with van der Waals surface area (Å²) in [5.41, 5.74) is 0.991. The fourth-order valence-electron chi connectivity index (χ4n) is 3.20. The third-order valence-corrected chi connectivity index (χ3v) is 7.47. The Morgan fingerprint density at radius 2 is 1.90 bits per heavy atom. The van der Waals surface area contributed by atoms with E-state index in [9.17, 15) is 18.0 Å². The number of sulfonamides is 1. The quantitative estimate of drug-likeness (QED) is 0.556. The van der Waals surface area contributed by atoms with Gasteiger partial charge in [-0.05, 0) is 50.3 Å². The molecule has 154 valence electrons. The molecule has 7 nitrogen and oxygen atoms in total. The van der Waals surface area contributed by atoms with E-state index in [-0.39, 0.29) is 35.6 Å². The van der Waals surface area contributed by atoms with Gasteiger partial charge >= 0.3 is 0 Å². The van der Waals surface area contributed by atoms with Gasteiger partial charge in [0.15, 0.2) is 5.78 Å². The second-order valence-electron chi connectivity index (χ2n) is 6.84. The maximum atomic E-state index is 12.9. The SMILES string of the molecule is CSc1ccc(NC(=O)C2CCN(S(=O)(=O)c3cccc(C(C)=O)c3)CC2)cn1. The molecule has 0 aliphatic carbocycles. The molecule has 1 amide bonds. The second-order valence-corrected chi connectivity index (χ2v) is 9.61. The highest BCUT2D eigenvalue weighted by Gasteiger charge is 2.32. The number of carbonyl (C=O) groups is 2. The van der Waals surface area contributed by atoms with Gasteiger partial charge in [-0.3, -0.25) is 9.59 Å². The van der Waals surface area contributed by atoms with Crippen molar-refractivity contribution in [3.63, 3.8) is 0 Å². The molecule has 29 heavy (non-hydrogen) atoms. The number of thioether (sulfide) groups is 1. The average molecular weight is 434 g/mol. The van der Waals surface area contributed by atoms with E-state index in [0.717, 1.165) is 5.03 Å². The van der Waals surface area contributed by atoms with Gasteiger partial charge in [0, 0.05) is 24.6 Å². The lowest BCUT2D eigenvalue weighted by Gasteiger charge is -2.30. The Morgan fingerprint density at radius 3 is 2.48 bits per heavy atom. The molecule has 0 bridgehead atoms. The van der Waals surface area contributed by atoms with E-state index in [1.54, 1.807) is 24.4 Å². The predicted molar refractivity (Wildman–Crippen MR) is 113 cm³/mol. The van der Waals surface area contributed by atoms with Crippen LogP contribution < -0.4 is 5.32 Å². The lowest BCUT2D eigenvalue weighted by Crippen LogP contribution is -2.41. The molecule has 0 radical (unpaired) electrons. The number of piperidine rings is 1. The van der Waals surface area contributed by atoms with Crippen molar-refractivity contribution in [1.29, 1.82) is 0 Å². The number of rotatable bonds is 6. The van der Waals surface area contributed by atoms with Gasteiger partial charge in [0.1, 0.15) is 0 Å². The van der Waals surface area contributed by atoms with Crippen LogP contribution in [0.5, 0.6) is 0 Å². The number of hydrogen-bond acceptors (Lipinski definition) is 6. The van der Waals surface area contributed by atoms with Crippen LogP contribution in [0.2, 0.25) is 0 Å². The monoisotopic (exact) mass is 433 g/mol. The predicted octanol–water partition coefficient (Wildman–Crippen LogP) is 3.05. The number of nitrogens with zero attached hydrogens (tertiary/aromatic N) is 2. The third-order valence-electron chi connectivity index (χ3n) is 4.92. The smallest absolute Gasteiger partial charge is 0.243 e. The first kappa shape index (κ1) is 21.5. The minimum Gasteiger partial charge on any atom is -0.324 e. The summed E-state index contributed by atoms with van der Waals surface area (Å²) in [5.74, 6) is -0.568. The first-order valence-corrected chi connectivity index (χ1v) is 11.9. The van der Waals surface area contributed by atoms with E-state index in [0.29, 0.717) is 24.1 Å². The third kappa shape index (κ3) is 5.04. The second kappa shape index (κ2) is 9.06. The maximum absolute atomic E-state index is 12.9. The van der Waals surface area contributed by atoms with E-state index in [1.807, 2.05) is 12.3 Å². The normalized spacial score (nSPS) is 15.8. The minimum atomic E-state index is -3.70. The van der Waals surface area contributed by atoms with Crippen molar-refractivity contribution in [2.45, 2.75) is 29.7 Å². The molecular formula is C20H23N3O4S2. The summed E-state index contributed by atoms with van der Waals surface area (Å²) in [6, 6.07) is 9.70. The summed E-state index contributed by atoms with van der Waals surface area (Å²) in [6.45, 7) is 1.92. The first-order valence-electron chi connectivity index (χ1n) is 9.23. The number of nitrogens with one attached hydrogen (secondary N) is 1. The number of aromatic nitrogens is 1. The van der Waals surface area contributed by atoms with Crippen molar-refractivity contribution < 1.29 is 18.0 Å². The van der Waals surface area contributed by atoms with Crippen molar-refractivity contribution in [1.82, 2.24) is 9.29 Å². The van der Waals surface area contributed by atoms with Gasteiger partial charge in [0.05, 0.1) is 21.8 Å². The van der Waals surface area contributed by atoms with Crippen LogP contribution in [0.15, 0.2) is 52.5 Å². The molecule has 9 heteroatoms. The molecule has 0 unspecified atom stereocenters. The van der Waals surface area contributed by atoms with Crippen molar-refractivity contribution in [3.05, 3.63) is 48.2 Å². The number of hydrogen-bond donors (Lipinski definition) is 1. The Morgan fingerprint density at radius 1 is 1.17 bits per heavy atom. The fourth-order valence-corrected chi connectivity index (χ4v) is 5.08. The Labute approximate surface area is 175 Å². The number of amides is 1. The molecule has 1 aliphatic heterocycles. The Hall–Kier alpha value is -2.23. The molecule has 1 aliphatic rings. The Bertz CT molecular complexity index is 999. The van der Waals surface area contributed by atoms with E-state index in [1.165, 1.54) is 35.1 Å². The van der Waals surface area contributed by atoms with E-state index >= 15 is 0 Å². The number of anilines is 1. The molecule has 1 fully saturated rings. The largest absolute Gasteiger partial charge is 0.324 e. The molecule has 1 N–H and O–H groups in total. The van der Waals surface area contributed by atoms with Gasteiger partial charge in [-0.1, -0.05) is 12.1 Å². The molecule has 3 rings (SSSR count). The van der Waals surface area contributed by atoms with Crippen molar-refractivity contribution in [2.75, 3.05) is 24.7 Å². The van der Waals surface area contributed by atoms with Crippen LogP contribution in [0, 0.1) is 5.92 Å². The first-order chi connectivity index (χ1) is 13.8. The van der Waals surface area contributed by atoms with Crippen LogP contribution in [0.3, 0.4) is 0 Å². The Kier molecular flexibility index (Phi) is 6.71. The maximum Gasteiger partial charge on any atom is 0.243 e. The van der Waals surface area contributed by atoms with Gasteiger partial charge < -0.3 is 5.32 Å². The summed E-state index contributed by atoms with van der Waals surface area (Å²) in [4.78, 5) is 28.4. The van der Waals surface area contributed by atoms with Crippen molar-refractivity contribution in [2.24, 2.45) is 5.92 Å². The topological polar surface area (TPSA) is 96.4 Å². The molecule has 0 atom stereocenters. The molecule has 0 saturated carbocycles. The van der Waals surface area contributed by atoms with Gasteiger partial charge in [0.25, 0.3) is 0 Å². The summed E-state index contributed by atoms with van der Waals surface area (Å²) in [7, 11) is -3.70.